The van der Waals surface area contributed by atoms with E-state index in [-0.39, 0.29) is 19.0 Å². The molecule has 0 aliphatic carbocycles. The zero-order valence-corrected chi connectivity index (χ0v) is 11.1. The molecule has 1 rings (SSSR count). The molecule has 0 fully saturated rings. The van der Waals surface area contributed by atoms with Crippen LogP contribution in [-0.2, 0) is 11.2 Å². The first-order valence-electron chi connectivity index (χ1n) is 6.47. The average molecular weight is 264 g/mol. The number of hydrogen-bond acceptors (Lipinski definition) is 2. The number of unbranched alkanes of at least 4 members (excludes halogenated alkanes) is 1. The van der Waals surface area contributed by atoms with Crippen LogP contribution < -0.4 is 10.6 Å². The van der Waals surface area contributed by atoms with E-state index in [1.165, 1.54) is 5.56 Å². The smallest absolute Gasteiger partial charge is 0.319 e. The maximum absolute atomic E-state index is 11.4. The van der Waals surface area contributed by atoms with Gasteiger partial charge in [-0.3, -0.25) is 4.79 Å². The third kappa shape index (κ3) is 6.45. The molecule has 0 atom stereocenters. The van der Waals surface area contributed by atoms with Crippen LogP contribution in [-0.4, -0.2) is 23.7 Å². The quantitative estimate of drug-likeness (QED) is 0.708. The predicted octanol–water partition coefficient (Wildman–Crippen LogP) is 2.63. The molecule has 0 aliphatic rings. The molecule has 0 heterocycles. The fraction of sp³-hybridized carbons (Fsp3) is 0.429. The van der Waals surface area contributed by atoms with Gasteiger partial charge in [0.05, 0.1) is 6.42 Å². The summed E-state index contributed by atoms with van der Waals surface area (Å²) in [7, 11) is 0. The standard InChI is InChI=1S/C14H20N2O3/c1-2-3-4-11-5-7-12(8-6-11)16-14(19)15-10-9-13(17)18/h5-8H,2-4,9-10H2,1H3,(H,17,18)(H2,15,16,19). The summed E-state index contributed by atoms with van der Waals surface area (Å²) in [5, 5.41) is 13.6. The molecule has 0 radical (unpaired) electrons. The Morgan fingerprint density at radius 2 is 1.89 bits per heavy atom. The van der Waals surface area contributed by atoms with E-state index in [1.807, 2.05) is 24.3 Å². The fourth-order valence-electron chi connectivity index (χ4n) is 1.59. The maximum Gasteiger partial charge on any atom is 0.319 e. The number of aryl methyl sites for hydroxylation is 1. The van der Waals surface area contributed by atoms with Gasteiger partial charge in [-0.05, 0) is 30.5 Å². The molecule has 104 valence electrons. The molecular weight excluding hydrogens is 244 g/mol. The highest BCUT2D eigenvalue weighted by Crippen LogP contribution is 2.11. The van der Waals surface area contributed by atoms with Crippen LogP contribution in [0.5, 0.6) is 0 Å². The van der Waals surface area contributed by atoms with Crippen molar-refractivity contribution in [2.24, 2.45) is 0 Å². The van der Waals surface area contributed by atoms with Gasteiger partial charge in [0, 0.05) is 12.2 Å². The second kappa shape index (κ2) is 8.13. The summed E-state index contributed by atoms with van der Waals surface area (Å²) in [5.74, 6) is -0.930. The molecule has 0 unspecified atom stereocenters. The van der Waals surface area contributed by atoms with E-state index >= 15 is 0 Å². The first-order valence-corrected chi connectivity index (χ1v) is 6.47. The number of benzene rings is 1. The molecule has 19 heavy (non-hydrogen) atoms. The number of anilines is 1. The minimum atomic E-state index is -0.930. The summed E-state index contributed by atoms with van der Waals surface area (Å²) in [6, 6.07) is 7.29. The Hall–Kier alpha value is -2.04. The van der Waals surface area contributed by atoms with Gasteiger partial charge in [0.1, 0.15) is 0 Å². The van der Waals surface area contributed by atoms with Gasteiger partial charge in [-0.2, -0.15) is 0 Å². The van der Waals surface area contributed by atoms with Crippen LogP contribution in [0.15, 0.2) is 24.3 Å². The lowest BCUT2D eigenvalue weighted by atomic mass is 10.1. The van der Waals surface area contributed by atoms with Crippen LogP contribution in [0.2, 0.25) is 0 Å². The van der Waals surface area contributed by atoms with E-state index in [1.54, 1.807) is 0 Å². The van der Waals surface area contributed by atoms with Crippen molar-refractivity contribution in [2.75, 3.05) is 11.9 Å². The van der Waals surface area contributed by atoms with E-state index in [4.69, 9.17) is 5.11 Å². The predicted molar refractivity (Wildman–Crippen MR) is 74.3 cm³/mol. The second-order valence-electron chi connectivity index (χ2n) is 4.33. The second-order valence-corrected chi connectivity index (χ2v) is 4.33. The summed E-state index contributed by atoms with van der Waals surface area (Å²) in [4.78, 5) is 21.7. The van der Waals surface area contributed by atoms with E-state index in [0.29, 0.717) is 5.69 Å². The van der Waals surface area contributed by atoms with Crippen LogP contribution in [0.3, 0.4) is 0 Å². The number of nitrogens with one attached hydrogen (secondary N) is 2. The Balaban J connectivity index is 2.35. The number of carbonyl (C=O) groups is 2. The van der Waals surface area contributed by atoms with Crippen molar-refractivity contribution >= 4 is 17.7 Å². The van der Waals surface area contributed by atoms with Crippen molar-refractivity contribution in [3.05, 3.63) is 29.8 Å². The van der Waals surface area contributed by atoms with Crippen LogP contribution in [0.25, 0.3) is 0 Å². The van der Waals surface area contributed by atoms with Gasteiger partial charge in [0.15, 0.2) is 0 Å². The molecule has 1 aromatic carbocycles. The summed E-state index contributed by atoms with van der Waals surface area (Å²) < 4.78 is 0. The third-order valence-corrected chi connectivity index (χ3v) is 2.66. The topological polar surface area (TPSA) is 78.4 Å². The SMILES string of the molecule is CCCCc1ccc(NC(=O)NCCC(=O)O)cc1. The van der Waals surface area contributed by atoms with Gasteiger partial charge < -0.3 is 15.7 Å². The number of carbonyl (C=O) groups excluding carboxylic acids is 1. The Bertz CT molecular complexity index is 415. The lowest BCUT2D eigenvalue weighted by Gasteiger charge is -2.07. The highest BCUT2D eigenvalue weighted by Gasteiger charge is 2.02. The molecule has 2 amide bonds. The van der Waals surface area contributed by atoms with Gasteiger partial charge in [0.2, 0.25) is 0 Å². The normalized spacial score (nSPS) is 9.95. The zero-order chi connectivity index (χ0) is 14.1. The molecule has 0 saturated carbocycles. The highest BCUT2D eigenvalue weighted by atomic mass is 16.4. The first kappa shape index (κ1) is 15.0. The number of urea groups is 1. The van der Waals surface area contributed by atoms with Gasteiger partial charge in [0.25, 0.3) is 0 Å². The van der Waals surface area contributed by atoms with E-state index in [0.717, 1.165) is 19.3 Å². The lowest BCUT2D eigenvalue weighted by Crippen LogP contribution is -2.30. The number of carboxylic acid groups (broad SMARTS) is 1. The molecule has 3 N–H and O–H groups in total. The number of amides is 2. The van der Waals surface area contributed by atoms with Crippen molar-refractivity contribution in [3.8, 4) is 0 Å². The molecule has 5 nitrogen and oxygen atoms in total. The molecule has 0 saturated heterocycles. The summed E-state index contributed by atoms with van der Waals surface area (Å²) in [5.41, 5.74) is 1.95. The Morgan fingerprint density at radius 3 is 2.47 bits per heavy atom. The van der Waals surface area contributed by atoms with Crippen LogP contribution >= 0.6 is 0 Å². The van der Waals surface area contributed by atoms with E-state index < -0.39 is 5.97 Å². The minimum Gasteiger partial charge on any atom is -0.481 e. The fourth-order valence-corrected chi connectivity index (χ4v) is 1.59. The van der Waals surface area contributed by atoms with Crippen molar-refractivity contribution in [2.45, 2.75) is 32.6 Å². The number of carboxylic acids is 1. The lowest BCUT2D eigenvalue weighted by molar-refractivity contribution is -0.136. The van der Waals surface area contributed by atoms with Gasteiger partial charge in [-0.1, -0.05) is 25.5 Å². The molecule has 0 spiro atoms. The van der Waals surface area contributed by atoms with E-state index in [9.17, 15) is 9.59 Å². The minimum absolute atomic E-state index is 0.0800. The Kier molecular flexibility index (Phi) is 6.43. The molecule has 1 aromatic rings. The molecule has 0 aromatic heterocycles. The van der Waals surface area contributed by atoms with Crippen molar-refractivity contribution < 1.29 is 14.7 Å². The Labute approximate surface area is 113 Å². The molecule has 0 aliphatic heterocycles. The van der Waals surface area contributed by atoms with Crippen LogP contribution in [0.1, 0.15) is 31.7 Å². The van der Waals surface area contributed by atoms with Gasteiger partial charge >= 0.3 is 12.0 Å². The van der Waals surface area contributed by atoms with E-state index in [2.05, 4.69) is 17.6 Å². The molecular formula is C14H20N2O3. The number of rotatable bonds is 7. The van der Waals surface area contributed by atoms with Crippen LogP contribution in [0, 0.1) is 0 Å². The van der Waals surface area contributed by atoms with Crippen molar-refractivity contribution in [1.82, 2.24) is 5.32 Å². The third-order valence-electron chi connectivity index (χ3n) is 2.66. The monoisotopic (exact) mass is 264 g/mol. The van der Waals surface area contributed by atoms with Gasteiger partial charge in [-0.25, -0.2) is 4.79 Å². The summed E-state index contributed by atoms with van der Waals surface area (Å²) in [6.07, 6.45) is 3.28. The number of hydrogen-bond donors (Lipinski definition) is 3. The summed E-state index contributed by atoms with van der Waals surface area (Å²) in [6.45, 7) is 2.27. The number of aliphatic carboxylic acids is 1. The average Bonchev–Trinajstić information content (AvgIpc) is 2.37. The maximum atomic E-state index is 11.4. The van der Waals surface area contributed by atoms with Gasteiger partial charge in [-0.15, -0.1) is 0 Å². The molecule has 0 bridgehead atoms. The molecule has 5 heteroatoms. The highest BCUT2D eigenvalue weighted by molar-refractivity contribution is 5.89. The first-order chi connectivity index (χ1) is 9.11. The Morgan fingerprint density at radius 1 is 1.21 bits per heavy atom. The largest absolute Gasteiger partial charge is 0.481 e. The zero-order valence-electron chi connectivity index (χ0n) is 11.1. The van der Waals surface area contributed by atoms with Crippen molar-refractivity contribution in [3.63, 3.8) is 0 Å². The van der Waals surface area contributed by atoms with Crippen LogP contribution in [0.4, 0.5) is 10.5 Å². The summed E-state index contributed by atoms with van der Waals surface area (Å²) >= 11 is 0. The van der Waals surface area contributed by atoms with Crippen molar-refractivity contribution in [1.29, 1.82) is 0 Å².